The van der Waals surface area contributed by atoms with Gasteiger partial charge in [-0.05, 0) is 36.4 Å². The molecule has 1 amide bonds. The maximum Gasteiger partial charge on any atom is 0.227 e. The van der Waals surface area contributed by atoms with E-state index in [2.05, 4.69) is 15.3 Å². The van der Waals surface area contributed by atoms with Crippen molar-refractivity contribution in [2.24, 2.45) is 11.7 Å². The fourth-order valence-corrected chi connectivity index (χ4v) is 1.65. The van der Waals surface area contributed by atoms with Crippen LogP contribution in [0.2, 0.25) is 5.28 Å². The summed E-state index contributed by atoms with van der Waals surface area (Å²) < 4.78 is 0. The molecule has 6 heteroatoms. The van der Waals surface area contributed by atoms with Gasteiger partial charge in [0, 0.05) is 18.7 Å². The third-order valence-corrected chi connectivity index (χ3v) is 2.72. The van der Waals surface area contributed by atoms with Crippen LogP contribution in [0.1, 0.15) is 19.3 Å². The van der Waals surface area contributed by atoms with Crippen LogP contribution in [0.4, 0.5) is 5.82 Å². The predicted molar refractivity (Wildman–Crippen MR) is 61.0 cm³/mol. The molecule has 1 aromatic heterocycles. The molecule has 1 heterocycles. The largest absolute Gasteiger partial charge is 0.327 e. The molecule has 0 aromatic carbocycles. The van der Waals surface area contributed by atoms with Gasteiger partial charge in [0.2, 0.25) is 11.2 Å². The fourth-order valence-electron chi connectivity index (χ4n) is 1.50. The number of halogens is 1. The van der Waals surface area contributed by atoms with E-state index in [0.717, 1.165) is 12.8 Å². The molecule has 0 bridgehead atoms. The first-order chi connectivity index (χ1) is 7.65. The topological polar surface area (TPSA) is 80.9 Å². The smallest absolute Gasteiger partial charge is 0.227 e. The summed E-state index contributed by atoms with van der Waals surface area (Å²) in [6, 6.07) is 1.55. The summed E-state index contributed by atoms with van der Waals surface area (Å²) >= 11 is 5.60. The Morgan fingerprint density at radius 1 is 1.69 bits per heavy atom. The minimum atomic E-state index is -0.130. The van der Waals surface area contributed by atoms with Crippen molar-refractivity contribution in [3.63, 3.8) is 0 Å². The number of aromatic nitrogens is 2. The molecule has 86 valence electrons. The first-order valence-electron chi connectivity index (χ1n) is 5.19. The summed E-state index contributed by atoms with van der Waals surface area (Å²) in [6.07, 6.45) is 4.08. The molecule has 5 nitrogen and oxygen atoms in total. The van der Waals surface area contributed by atoms with Crippen molar-refractivity contribution in [3.05, 3.63) is 17.5 Å². The van der Waals surface area contributed by atoms with Crippen LogP contribution in [0, 0.1) is 5.92 Å². The number of nitrogens with two attached hydrogens (primary N) is 1. The lowest BCUT2D eigenvalue weighted by Crippen LogP contribution is -2.29. The van der Waals surface area contributed by atoms with Gasteiger partial charge in [-0.3, -0.25) is 4.79 Å². The van der Waals surface area contributed by atoms with Gasteiger partial charge in [0.25, 0.3) is 0 Å². The molecule has 0 aliphatic heterocycles. The minimum absolute atomic E-state index is 0.0442. The molecule has 3 N–H and O–H groups in total. The molecule has 1 saturated carbocycles. The zero-order valence-corrected chi connectivity index (χ0v) is 9.44. The number of anilines is 1. The van der Waals surface area contributed by atoms with Crippen LogP contribution in [0.3, 0.4) is 0 Å². The molecule has 1 atom stereocenters. The van der Waals surface area contributed by atoms with Gasteiger partial charge < -0.3 is 11.1 Å². The normalized spacial score (nSPS) is 16.9. The lowest BCUT2D eigenvalue weighted by Gasteiger charge is -2.09. The summed E-state index contributed by atoms with van der Waals surface area (Å²) in [5, 5.41) is 2.76. The lowest BCUT2D eigenvalue weighted by molar-refractivity contribution is -0.116. The second kappa shape index (κ2) is 4.76. The molecule has 1 aliphatic carbocycles. The molecule has 2 rings (SSSR count). The van der Waals surface area contributed by atoms with Crippen molar-refractivity contribution >= 4 is 23.3 Å². The highest BCUT2D eigenvalue weighted by atomic mass is 35.5. The number of hydrogen-bond acceptors (Lipinski definition) is 4. The molecule has 16 heavy (non-hydrogen) atoms. The molecular weight excluding hydrogens is 228 g/mol. The second-order valence-electron chi connectivity index (χ2n) is 3.96. The number of nitrogens with zero attached hydrogens (tertiary/aromatic N) is 2. The summed E-state index contributed by atoms with van der Waals surface area (Å²) in [4.78, 5) is 19.2. The first kappa shape index (κ1) is 11.3. The number of carbonyl (C=O) groups is 1. The Morgan fingerprint density at radius 3 is 3.06 bits per heavy atom. The van der Waals surface area contributed by atoms with Gasteiger partial charge in [-0.15, -0.1) is 0 Å². The van der Waals surface area contributed by atoms with E-state index < -0.39 is 0 Å². The summed E-state index contributed by atoms with van der Waals surface area (Å²) in [7, 11) is 0. The van der Waals surface area contributed by atoms with E-state index in [0.29, 0.717) is 18.2 Å². The van der Waals surface area contributed by atoms with E-state index in [1.54, 1.807) is 6.07 Å². The zero-order valence-electron chi connectivity index (χ0n) is 8.69. The van der Waals surface area contributed by atoms with E-state index in [-0.39, 0.29) is 17.2 Å². The van der Waals surface area contributed by atoms with Crippen molar-refractivity contribution in [2.75, 3.05) is 5.32 Å². The van der Waals surface area contributed by atoms with Crippen LogP contribution >= 0.6 is 11.6 Å². The minimum Gasteiger partial charge on any atom is -0.327 e. The monoisotopic (exact) mass is 240 g/mol. The highest BCUT2D eigenvalue weighted by Crippen LogP contribution is 2.32. The third-order valence-electron chi connectivity index (χ3n) is 2.54. The Hall–Kier alpha value is -1.20. The number of hydrogen-bond donors (Lipinski definition) is 2. The Balaban J connectivity index is 1.86. The van der Waals surface area contributed by atoms with Gasteiger partial charge in [-0.1, -0.05) is 0 Å². The van der Waals surface area contributed by atoms with E-state index in [9.17, 15) is 4.79 Å². The molecule has 1 fully saturated rings. The highest BCUT2D eigenvalue weighted by Gasteiger charge is 2.29. The van der Waals surface area contributed by atoms with E-state index in [4.69, 9.17) is 17.3 Å². The van der Waals surface area contributed by atoms with E-state index in [1.165, 1.54) is 6.20 Å². The fraction of sp³-hybridized carbons (Fsp3) is 0.500. The van der Waals surface area contributed by atoms with Crippen molar-refractivity contribution < 1.29 is 4.79 Å². The van der Waals surface area contributed by atoms with E-state index >= 15 is 0 Å². The maximum atomic E-state index is 11.6. The molecule has 1 unspecified atom stereocenters. The summed E-state index contributed by atoms with van der Waals surface area (Å²) in [6.45, 7) is 0. The molecule has 1 aliphatic rings. The van der Waals surface area contributed by atoms with Gasteiger partial charge in [-0.25, -0.2) is 9.97 Å². The summed E-state index contributed by atoms with van der Waals surface area (Å²) in [5.41, 5.74) is 5.84. The molecule has 1 aromatic rings. The Morgan fingerprint density at radius 2 is 2.44 bits per heavy atom. The van der Waals surface area contributed by atoms with E-state index in [1.807, 2.05) is 0 Å². The highest BCUT2D eigenvalue weighted by molar-refractivity contribution is 6.28. The lowest BCUT2D eigenvalue weighted by atomic mass is 10.1. The molecule has 0 radical (unpaired) electrons. The standard InChI is InChI=1S/C10H13ClN4O/c11-10-13-4-3-8(15-10)14-9(16)5-7(12)6-1-2-6/h3-4,6-7H,1-2,5,12H2,(H,13,14,15,16). The Kier molecular flexibility index (Phi) is 3.36. The summed E-state index contributed by atoms with van der Waals surface area (Å²) in [5.74, 6) is 0.793. The van der Waals surface area contributed by atoms with Crippen molar-refractivity contribution in [1.82, 2.24) is 9.97 Å². The van der Waals surface area contributed by atoms with Crippen molar-refractivity contribution in [1.29, 1.82) is 0 Å². The van der Waals surface area contributed by atoms with Gasteiger partial charge in [0.15, 0.2) is 0 Å². The van der Waals surface area contributed by atoms with Crippen LogP contribution in [0.15, 0.2) is 12.3 Å². The quantitative estimate of drug-likeness (QED) is 0.775. The molecule has 0 spiro atoms. The number of carbonyl (C=O) groups excluding carboxylic acids is 1. The van der Waals surface area contributed by atoms with Crippen LogP contribution < -0.4 is 11.1 Å². The molecule has 0 saturated heterocycles. The van der Waals surface area contributed by atoms with Crippen LogP contribution in [-0.2, 0) is 4.79 Å². The molecular formula is C10H13ClN4O. The zero-order chi connectivity index (χ0) is 11.5. The SMILES string of the molecule is NC(CC(=O)Nc1ccnc(Cl)n1)C1CC1. The van der Waals surface area contributed by atoms with Crippen LogP contribution in [0.25, 0.3) is 0 Å². The van der Waals surface area contributed by atoms with Crippen molar-refractivity contribution in [3.8, 4) is 0 Å². The third kappa shape index (κ3) is 3.15. The average molecular weight is 241 g/mol. The Bertz CT molecular complexity index is 394. The Labute approximate surface area is 98.4 Å². The van der Waals surface area contributed by atoms with Crippen molar-refractivity contribution in [2.45, 2.75) is 25.3 Å². The maximum absolute atomic E-state index is 11.6. The van der Waals surface area contributed by atoms with Crippen LogP contribution in [-0.4, -0.2) is 21.9 Å². The predicted octanol–water partition coefficient (Wildman–Crippen LogP) is 1.20. The number of rotatable bonds is 4. The van der Waals surface area contributed by atoms with Gasteiger partial charge in [-0.2, -0.15) is 0 Å². The second-order valence-corrected chi connectivity index (χ2v) is 4.30. The number of amides is 1. The van der Waals surface area contributed by atoms with Gasteiger partial charge in [0.1, 0.15) is 5.82 Å². The first-order valence-corrected chi connectivity index (χ1v) is 5.57. The number of nitrogens with one attached hydrogen (secondary N) is 1. The van der Waals surface area contributed by atoms with Gasteiger partial charge >= 0.3 is 0 Å². The van der Waals surface area contributed by atoms with Gasteiger partial charge in [0.05, 0.1) is 0 Å². The van der Waals surface area contributed by atoms with Crippen LogP contribution in [0.5, 0.6) is 0 Å². The average Bonchev–Trinajstić information content (AvgIpc) is 2.99.